The third kappa shape index (κ3) is 1.73. The molecule has 0 saturated carbocycles. The number of allylic oxidation sites excluding steroid dienone is 3. The molecule has 1 aliphatic carbocycles. The van der Waals surface area contributed by atoms with E-state index in [0.29, 0.717) is 24.0 Å². The van der Waals surface area contributed by atoms with Crippen LogP contribution in [0.25, 0.3) is 0 Å². The second kappa shape index (κ2) is 3.72. The number of methoxy groups -OCH3 is 1. The molecule has 1 aliphatic rings. The Bertz CT molecular complexity index is 294. The van der Waals surface area contributed by atoms with Crippen molar-refractivity contribution in [3.05, 3.63) is 23.3 Å². The van der Waals surface area contributed by atoms with Gasteiger partial charge in [-0.1, -0.05) is 6.08 Å². The molecule has 0 unspecified atom stereocenters. The van der Waals surface area contributed by atoms with Crippen molar-refractivity contribution < 1.29 is 9.53 Å². The van der Waals surface area contributed by atoms with Gasteiger partial charge in [-0.25, -0.2) is 4.79 Å². The molecule has 3 nitrogen and oxygen atoms in total. The summed E-state index contributed by atoms with van der Waals surface area (Å²) in [4.78, 5) is 11.0. The molecule has 0 aliphatic heterocycles. The zero-order valence-corrected chi connectivity index (χ0v) is 6.83. The molecule has 0 radical (unpaired) electrons. The van der Waals surface area contributed by atoms with Crippen molar-refractivity contribution in [3.63, 3.8) is 0 Å². The van der Waals surface area contributed by atoms with Gasteiger partial charge in [-0.3, -0.25) is 0 Å². The maximum absolute atomic E-state index is 11.0. The van der Waals surface area contributed by atoms with E-state index in [9.17, 15) is 4.79 Å². The molecular formula is C9H9NO2. The van der Waals surface area contributed by atoms with Crippen LogP contribution in [0.4, 0.5) is 0 Å². The fourth-order valence-electron chi connectivity index (χ4n) is 1.03. The lowest BCUT2D eigenvalue weighted by Gasteiger charge is -2.07. The monoisotopic (exact) mass is 163 g/mol. The molecule has 0 spiro atoms. The average Bonchev–Trinajstić information content (AvgIpc) is 2.17. The van der Waals surface area contributed by atoms with E-state index in [1.165, 1.54) is 7.11 Å². The van der Waals surface area contributed by atoms with Crippen molar-refractivity contribution in [2.45, 2.75) is 12.8 Å². The van der Waals surface area contributed by atoms with E-state index in [-0.39, 0.29) is 5.97 Å². The quantitative estimate of drug-likeness (QED) is 0.548. The van der Waals surface area contributed by atoms with Crippen LogP contribution < -0.4 is 0 Å². The summed E-state index contributed by atoms with van der Waals surface area (Å²) in [5, 5.41) is 8.51. The molecule has 0 aromatic carbocycles. The van der Waals surface area contributed by atoms with Gasteiger partial charge in [0.05, 0.1) is 13.2 Å². The molecule has 0 bridgehead atoms. The standard InChI is InChI=1S/C9H9NO2/c1-12-9(11)8-4-2-7(6-10)3-5-8/h2,4H,3,5H2,1H3. The highest BCUT2D eigenvalue weighted by Gasteiger charge is 2.12. The minimum absolute atomic E-state index is 0.303. The summed E-state index contributed by atoms with van der Waals surface area (Å²) < 4.78 is 4.54. The first kappa shape index (κ1) is 8.54. The van der Waals surface area contributed by atoms with E-state index in [0.717, 1.165) is 0 Å². The van der Waals surface area contributed by atoms with Gasteiger partial charge in [-0.15, -0.1) is 0 Å². The molecule has 0 amide bonds. The Hall–Kier alpha value is -1.56. The Labute approximate surface area is 70.9 Å². The van der Waals surface area contributed by atoms with Gasteiger partial charge in [0.2, 0.25) is 0 Å². The van der Waals surface area contributed by atoms with E-state index < -0.39 is 0 Å². The maximum atomic E-state index is 11.0. The topological polar surface area (TPSA) is 50.1 Å². The van der Waals surface area contributed by atoms with Gasteiger partial charge in [0.25, 0.3) is 0 Å². The Balaban J connectivity index is 2.74. The molecule has 0 saturated heterocycles. The number of carbonyl (C=O) groups excluding carboxylic acids is 1. The minimum atomic E-state index is -0.303. The first-order chi connectivity index (χ1) is 5.77. The fraction of sp³-hybridized carbons (Fsp3) is 0.333. The molecule has 0 atom stereocenters. The van der Waals surface area contributed by atoms with E-state index in [2.05, 4.69) is 4.74 Å². The number of nitrogens with zero attached hydrogens (tertiary/aromatic N) is 1. The number of ether oxygens (including phenoxy) is 1. The zero-order valence-electron chi connectivity index (χ0n) is 6.83. The molecule has 0 aromatic heterocycles. The molecule has 3 heteroatoms. The summed E-state index contributed by atoms with van der Waals surface area (Å²) in [6.45, 7) is 0. The molecule has 0 N–H and O–H groups in total. The Kier molecular flexibility index (Phi) is 2.65. The summed E-state index contributed by atoms with van der Waals surface area (Å²) in [7, 11) is 1.35. The van der Waals surface area contributed by atoms with Crippen molar-refractivity contribution in [1.82, 2.24) is 0 Å². The van der Waals surface area contributed by atoms with Gasteiger partial charge in [-0.2, -0.15) is 5.26 Å². The van der Waals surface area contributed by atoms with Crippen LogP contribution in [0.5, 0.6) is 0 Å². The van der Waals surface area contributed by atoms with E-state index in [4.69, 9.17) is 5.26 Å². The van der Waals surface area contributed by atoms with Gasteiger partial charge in [0.1, 0.15) is 0 Å². The second-order valence-electron chi connectivity index (χ2n) is 2.49. The molecule has 1 rings (SSSR count). The molecule has 12 heavy (non-hydrogen) atoms. The van der Waals surface area contributed by atoms with Gasteiger partial charge >= 0.3 is 5.97 Å². The molecular weight excluding hydrogens is 154 g/mol. The number of carbonyl (C=O) groups is 1. The van der Waals surface area contributed by atoms with E-state index >= 15 is 0 Å². The third-order valence-corrected chi connectivity index (χ3v) is 1.74. The van der Waals surface area contributed by atoms with Crippen LogP contribution in [0.1, 0.15) is 12.8 Å². The number of nitriles is 1. The summed E-state index contributed by atoms with van der Waals surface area (Å²) in [6.07, 6.45) is 4.55. The van der Waals surface area contributed by atoms with Crippen molar-refractivity contribution in [1.29, 1.82) is 5.26 Å². The van der Waals surface area contributed by atoms with Crippen LogP contribution >= 0.6 is 0 Å². The smallest absolute Gasteiger partial charge is 0.333 e. The highest BCUT2D eigenvalue weighted by atomic mass is 16.5. The number of rotatable bonds is 1. The number of hydrogen-bond acceptors (Lipinski definition) is 3. The summed E-state index contributed by atoms with van der Waals surface area (Å²) >= 11 is 0. The third-order valence-electron chi connectivity index (χ3n) is 1.74. The maximum Gasteiger partial charge on any atom is 0.333 e. The average molecular weight is 163 g/mol. The molecule has 0 heterocycles. The zero-order chi connectivity index (χ0) is 8.97. The second-order valence-corrected chi connectivity index (χ2v) is 2.49. The number of esters is 1. The van der Waals surface area contributed by atoms with Crippen molar-refractivity contribution in [2.75, 3.05) is 7.11 Å². The van der Waals surface area contributed by atoms with Crippen LogP contribution in [0, 0.1) is 11.3 Å². The Morgan fingerprint density at radius 1 is 1.58 bits per heavy atom. The largest absolute Gasteiger partial charge is 0.466 e. The van der Waals surface area contributed by atoms with Crippen molar-refractivity contribution in [3.8, 4) is 6.07 Å². The summed E-state index contributed by atoms with van der Waals surface area (Å²) in [6, 6.07) is 2.05. The lowest BCUT2D eigenvalue weighted by atomic mass is 9.99. The van der Waals surface area contributed by atoms with Crippen LogP contribution in [0.3, 0.4) is 0 Å². The predicted octanol–water partition coefficient (Wildman–Crippen LogP) is 1.33. The van der Waals surface area contributed by atoms with Crippen LogP contribution in [-0.4, -0.2) is 13.1 Å². The summed E-state index contributed by atoms with van der Waals surface area (Å²) in [5.41, 5.74) is 1.35. The minimum Gasteiger partial charge on any atom is -0.466 e. The van der Waals surface area contributed by atoms with Gasteiger partial charge < -0.3 is 4.74 Å². The lowest BCUT2D eigenvalue weighted by Crippen LogP contribution is -2.06. The fourth-order valence-corrected chi connectivity index (χ4v) is 1.03. The van der Waals surface area contributed by atoms with Gasteiger partial charge in [0, 0.05) is 11.1 Å². The van der Waals surface area contributed by atoms with Crippen molar-refractivity contribution in [2.24, 2.45) is 0 Å². The van der Waals surface area contributed by atoms with Crippen molar-refractivity contribution >= 4 is 5.97 Å². The van der Waals surface area contributed by atoms with E-state index in [1.54, 1.807) is 12.2 Å². The van der Waals surface area contributed by atoms with Crippen LogP contribution in [0.2, 0.25) is 0 Å². The van der Waals surface area contributed by atoms with Crippen LogP contribution in [-0.2, 0) is 9.53 Å². The SMILES string of the molecule is COC(=O)C1=CC=C(C#N)CC1. The normalized spacial score (nSPS) is 15.7. The number of hydrogen-bond donors (Lipinski definition) is 0. The lowest BCUT2D eigenvalue weighted by molar-refractivity contribution is -0.136. The highest BCUT2D eigenvalue weighted by molar-refractivity contribution is 5.89. The molecule has 0 aromatic rings. The highest BCUT2D eigenvalue weighted by Crippen LogP contribution is 2.18. The predicted molar refractivity (Wildman–Crippen MR) is 43.0 cm³/mol. The first-order valence-corrected chi connectivity index (χ1v) is 3.66. The molecule has 62 valence electrons. The summed E-state index contributed by atoms with van der Waals surface area (Å²) in [5.74, 6) is -0.303. The first-order valence-electron chi connectivity index (χ1n) is 3.66. The Morgan fingerprint density at radius 3 is 2.75 bits per heavy atom. The van der Waals surface area contributed by atoms with E-state index in [1.807, 2.05) is 6.07 Å². The van der Waals surface area contributed by atoms with Crippen LogP contribution in [0.15, 0.2) is 23.3 Å². The van der Waals surface area contributed by atoms with Gasteiger partial charge in [-0.05, 0) is 18.9 Å². The molecule has 0 fully saturated rings. The van der Waals surface area contributed by atoms with Gasteiger partial charge in [0.15, 0.2) is 0 Å². The Morgan fingerprint density at radius 2 is 2.33 bits per heavy atom.